The normalized spacial score (nSPS) is 10.3. The van der Waals surface area contributed by atoms with E-state index in [1.165, 1.54) is 0 Å². The topological polar surface area (TPSA) is 77.6 Å². The van der Waals surface area contributed by atoms with Crippen molar-refractivity contribution >= 4 is 11.4 Å². The molecule has 0 aliphatic rings. The van der Waals surface area contributed by atoms with E-state index < -0.39 is 0 Å². The van der Waals surface area contributed by atoms with Crippen molar-refractivity contribution in [2.75, 3.05) is 27.1 Å². The second-order valence-electron chi connectivity index (χ2n) is 5.06. The molecule has 0 aromatic heterocycles. The predicted octanol–water partition coefficient (Wildman–Crippen LogP) is 3.27. The van der Waals surface area contributed by atoms with Crippen molar-refractivity contribution in [2.24, 2.45) is 0 Å². The summed E-state index contributed by atoms with van der Waals surface area (Å²) in [5.74, 6) is 1.52. The van der Waals surface area contributed by atoms with Gasteiger partial charge in [0, 0.05) is 16.8 Å². The smallest absolute Gasteiger partial charge is 0.203 e. The molecule has 3 N–H and O–H groups in total. The van der Waals surface area contributed by atoms with Crippen molar-refractivity contribution in [2.45, 2.75) is 13.3 Å². The molecular weight excluding hydrogens is 292 g/mol. The number of aryl methyl sites for hydroxylation is 1. The monoisotopic (exact) mass is 314 g/mol. The Hall–Kier alpha value is -2.69. The van der Waals surface area contributed by atoms with Gasteiger partial charge < -0.3 is 19.9 Å². The van der Waals surface area contributed by atoms with Crippen LogP contribution >= 0.6 is 0 Å². The van der Waals surface area contributed by atoms with Crippen LogP contribution in [0.25, 0.3) is 0 Å². The third-order valence-corrected chi connectivity index (χ3v) is 3.75. The number of anilines is 1. The van der Waals surface area contributed by atoms with Gasteiger partial charge in [-0.2, -0.15) is 0 Å². The SMILES string of the molecule is CCc1ccc(N)c(C(=N)c2cc(OC)c(OC)c(OC)c2)c1. The maximum absolute atomic E-state index is 8.52. The fourth-order valence-corrected chi connectivity index (χ4v) is 2.42. The number of methoxy groups -OCH3 is 3. The number of hydrogen-bond donors (Lipinski definition) is 2. The highest BCUT2D eigenvalue weighted by atomic mass is 16.5. The molecular formula is C18H22N2O3. The van der Waals surface area contributed by atoms with E-state index in [1.807, 2.05) is 18.2 Å². The molecule has 0 atom stereocenters. The molecule has 0 unspecified atom stereocenters. The Bertz CT molecular complexity index is 701. The zero-order valence-electron chi connectivity index (χ0n) is 13.9. The molecule has 0 spiro atoms. The van der Waals surface area contributed by atoms with Gasteiger partial charge in [-0.3, -0.25) is 5.41 Å². The van der Waals surface area contributed by atoms with Crippen LogP contribution in [-0.2, 0) is 6.42 Å². The van der Waals surface area contributed by atoms with E-state index in [0.717, 1.165) is 12.0 Å². The molecule has 5 nitrogen and oxygen atoms in total. The minimum atomic E-state index is 0.317. The van der Waals surface area contributed by atoms with Crippen molar-refractivity contribution in [3.8, 4) is 17.2 Å². The fourth-order valence-electron chi connectivity index (χ4n) is 2.42. The first-order valence-electron chi connectivity index (χ1n) is 7.33. The molecule has 0 aliphatic heterocycles. The van der Waals surface area contributed by atoms with Crippen LogP contribution in [0.2, 0.25) is 0 Å². The number of benzene rings is 2. The van der Waals surface area contributed by atoms with E-state index >= 15 is 0 Å². The maximum atomic E-state index is 8.52. The summed E-state index contributed by atoms with van der Waals surface area (Å²) in [6.07, 6.45) is 0.885. The van der Waals surface area contributed by atoms with Crippen LogP contribution in [0.5, 0.6) is 17.2 Å². The van der Waals surface area contributed by atoms with Gasteiger partial charge in [0.2, 0.25) is 5.75 Å². The quantitative estimate of drug-likeness (QED) is 0.633. The van der Waals surface area contributed by atoms with Gasteiger partial charge in [-0.1, -0.05) is 13.0 Å². The van der Waals surface area contributed by atoms with Crippen LogP contribution in [-0.4, -0.2) is 27.0 Å². The van der Waals surface area contributed by atoms with Gasteiger partial charge in [0.15, 0.2) is 11.5 Å². The molecule has 23 heavy (non-hydrogen) atoms. The average molecular weight is 314 g/mol. The van der Waals surface area contributed by atoms with Gasteiger partial charge in [-0.15, -0.1) is 0 Å². The molecule has 0 saturated carbocycles. The molecule has 2 rings (SSSR count). The van der Waals surface area contributed by atoms with E-state index in [9.17, 15) is 0 Å². The molecule has 5 heteroatoms. The van der Waals surface area contributed by atoms with Crippen LogP contribution in [0.1, 0.15) is 23.6 Å². The Labute approximate surface area is 136 Å². The lowest BCUT2D eigenvalue weighted by Crippen LogP contribution is -2.07. The van der Waals surface area contributed by atoms with E-state index in [2.05, 4.69) is 6.92 Å². The maximum Gasteiger partial charge on any atom is 0.203 e. The summed E-state index contributed by atoms with van der Waals surface area (Å²) in [7, 11) is 4.65. The second kappa shape index (κ2) is 7.05. The van der Waals surface area contributed by atoms with Crippen molar-refractivity contribution < 1.29 is 14.2 Å². The molecule has 0 amide bonds. The second-order valence-corrected chi connectivity index (χ2v) is 5.06. The molecule has 0 saturated heterocycles. The number of nitrogens with one attached hydrogen (secondary N) is 1. The summed E-state index contributed by atoms with van der Waals surface area (Å²) in [5, 5.41) is 8.52. The first-order valence-corrected chi connectivity index (χ1v) is 7.33. The summed E-state index contributed by atoms with van der Waals surface area (Å²) >= 11 is 0. The van der Waals surface area contributed by atoms with E-state index in [4.69, 9.17) is 25.4 Å². The number of nitrogens with two attached hydrogens (primary N) is 1. The largest absolute Gasteiger partial charge is 0.493 e. The number of ether oxygens (including phenoxy) is 3. The van der Waals surface area contributed by atoms with Crippen LogP contribution in [0.4, 0.5) is 5.69 Å². The fraction of sp³-hybridized carbons (Fsp3) is 0.278. The molecule has 2 aromatic carbocycles. The summed E-state index contributed by atoms with van der Waals surface area (Å²) < 4.78 is 16.0. The zero-order chi connectivity index (χ0) is 17.0. The lowest BCUT2D eigenvalue weighted by atomic mass is 9.97. The highest BCUT2D eigenvalue weighted by Gasteiger charge is 2.17. The lowest BCUT2D eigenvalue weighted by molar-refractivity contribution is 0.324. The van der Waals surface area contributed by atoms with Crippen LogP contribution in [0.15, 0.2) is 30.3 Å². The van der Waals surface area contributed by atoms with Crippen molar-refractivity contribution in [1.29, 1.82) is 5.41 Å². The molecule has 0 bridgehead atoms. The Morgan fingerprint density at radius 3 is 2.09 bits per heavy atom. The Kier molecular flexibility index (Phi) is 5.11. The molecule has 0 fully saturated rings. The number of hydrogen-bond acceptors (Lipinski definition) is 5. The first-order chi connectivity index (χ1) is 11.0. The van der Waals surface area contributed by atoms with Crippen molar-refractivity contribution in [3.63, 3.8) is 0 Å². The minimum absolute atomic E-state index is 0.317. The molecule has 0 aliphatic carbocycles. The summed E-state index contributed by atoms with van der Waals surface area (Å²) in [6, 6.07) is 9.26. The van der Waals surface area contributed by atoms with Gasteiger partial charge in [0.05, 0.1) is 27.0 Å². The predicted molar refractivity (Wildman–Crippen MR) is 92.3 cm³/mol. The molecule has 122 valence electrons. The molecule has 0 radical (unpaired) electrons. The Balaban J connectivity index is 2.55. The van der Waals surface area contributed by atoms with Gasteiger partial charge in [-0.05, 0) is 36.2 Å². The van der Waals surface area contributed by atoms with Crippen LogP contribution < -0.4 is 19.9 Å². The van der Waals surface area contributed by atoms with Crippen LogP contribution in [0, 0.1) is 5.41 Å². The minimum Gasteiger partial charge on any atom is -0.493 e. The number of rotatable bonds is 6. The summed E-state index contributed by atoms with van der Waals surface area (Å²) in [5.41, 5.74) is 9.41. The summed E-state index contributed by atoms with van der Waals surface area (Å²) in [4.78, 5) is 0. The van der Waals surface area contributed by atoms with Crippen LogP contribution in [0.3, 0.4) is 0 Å². The summed E-state index contributed by atoms with van der Waals surface area (Å²) in [6.45, 7) is 2.07. The zero-order valence-corrected chi connectivity index (χ0v) is 13.9. The van der Waals surface area contributed by atoms with Gasteiger partial charge in [-0.25, -0.2) is 0 Å². The van der Waals surface area contributed by atoms with Gasteiger partial charge in [0.1, 0.15) is 0 Å². The van der Waals surface area contributed by atoms with E-state index in [0.29, 0.717) is 39.8 Å². The van der Waals surface area contributed by atoms with Gasteiger partial charge >= 0.3 is 0 Å². The molecule has 0 heterocycles. The number of nitrogen functional groups attached to an aromatic ring is 1. The van der Waals surface area contributed by atoms with Crippen molar-refractivity contribution in [1.82, 2.24) is 0 Å². The highest BCUT2D eigenvalue weighted by Crippen LogP contribution is 2.39. The van der Waals surface area contributed by atoms with E-state index in [1.54, 1.807) is 33.5 Å². The Morgan fingerprint density at radius 2 is 1.61 bits per heavy atom. The first kappa shape index (κ1) is 16.7. The highest BCUT2D eigenvalue weighted by molar-refractivity contribution is 6.14. The average Bonchev–Trinajstić information content (AvgIpc) is 2.60. The lowest BCUT2D eigenvalue weighted by Gasteiger charge is -2.15. The van der Waals surface area contributed by atoms with Crippen molar-refractivity contribution in [3.05, 3.63) is 47.0 Å². The Morgan fingerprint density at radius 1 is 1.00 bits per heavy atom. The molecule has 2 aromatic rings. The third-order valence-electron chi connectivity index (χ3n) is 3.75. The van der Waals surface area contributed by atoms with Gasteiger partial charge in [0.25, 0.3) is 0 Å². The standard InChI is InChI=1S/C18H22N2O3/c1-5-11-6-7-14(19)13(8-11)17(20)12-9-15(21-2)18(23-4)16(10-12)22-3/h6-10,20H,5,19H2,1-4H3. The third kappa shape index (κ3) is 3.23. The van der Waals surface area contributed by atoms with E-state index in [-0.39, 0.29) is 0 Å².